The maximum atomic E-state index is 12.2. The van der Waals surface area contributed by atoms with Gasteiger partial charge >= 0.3 is 7.82 Å². The van der Waals surface area contributed by atoms with Gasteiger partial charge in [0.2, 0.25) is 0 Å². The van der Waals surface area contributed by atoms with Crippen LogP contribution in [0, 0.1) is 5.92 Å². The first-order chi connectivity index (χ1) is 11.0. The van der Waals surface area contributed by atoms with Gasteiger partial charge in [0.05, 0.1) is 19.8 Å². The van der Waals surface area contributed by atoms with Gasteiger partial charge in [-0.2, -0.15) is 0 Å². The number of carbonyl (C=O) groups is 1. The molecule has 0 radical (unpaired) electrons. The first-order valence-electron chi connectivity index (χ1n) is 9.09. The highest BCUT2D eigenvalue weighted by Gasteiger charge is 2.24. The number of phosphoric ester groups is 1. The van der Waals surface area contributed by atoms with Crippen molar-refractivity contribution in [3.05, 3.63) is 0 Å². The molecule has 0 fully saturated rings. The average Bonchev–Trinajstić information content (AvgIpc) is 2.50. The van der Waals surface area contributed by atoms with Crippen molar-refractivity contribution in [1.29, 1.82) is 0 Å². The van der Waals surface area contributed by atoms with Crippen LogP contribution in [-0.4, -0.2) is 25.6 Å². The Labute approximate surface area is 142 Å². The summed E-state index contributed by atoms with van der Waals surface area (Å²) in [6.07, 6.45) is 7.27. The summed E-state index contributed by atoms with van der Waals surface area (Å²) in [5.41, 5.74) is 0. The fourth-order valence-electron chi connectivity index (χ4n) is 2.55. The monoisotopic (exact) mass is 350 g/mol. The zero-order valence-corrected chi connectivity index (χ0v) is 16.2. The standard InChI is InChI=1S/C17H35O5P/c1-5-12-16(13-6-2)17(18)14-10-9-11-15-22-23(19,20-7-3)21-8-4/h16H,5-15H2,1-4H3. The van der Waals surface area contributed by atoms with Crippen LogP contribution in [0.1, 0.15) is 79.1 Å². The lowest BCUT2D eigenvalue weighted by atomic mass is 9.91. The first-order valence-corrected chi connectivity index (χ1v) is 10.5. The molecule has 0 aliphatic heterocycles. The summed E-state index contributed by atoms with van der Waals surface area (Å²) < 4.78 is 27.4. The van der Waals surface area contributed by atoms with Crippen LogP contribution in [0.5, 0.6) is 0 Å². The lowest BCUT2D eigenvalue weighted by molar-refractivity contribution is -0.123. The van der Waals surface area contributed by atoms with Crippen molar-refractivity contribution in [2.24, 2.45) is 5.92 Å². The second-order valence-electron chi connectivity index (χ2n) is 5.67. The molecule has 5 nitrogen and oxygen atoms in total. The Balaban J connectivity index is 3.90. The number of hydrogen-bond acceptors (Lipinski definition) is 5. The molecule has 0 saturated heterocycles. The molecule has 6 heteroatoms. The third kappa shape index (κ3) is 11.0. The lowest BCUT2D eigenvalue weighted by Crippen LogP contribution is -2.14. The van der Waals surface area contributed by atoms with Gasteiger partial charge in [-0.05, 0) is 39.5 Å². The topological polar surface area (TPSA) is 61.8 Å². The fraction of sp³-hybridized carbons (Fsp3) is 0.941. The summed E-state index contributed by atoms with van der Waals surface area (Å²) in [6.45, 7) is 8.68. The van der Waals surface area contributed by atoms with Gasteiger partial charge in [-0.25, -0.2) is 4.57 Å². The molecule has 0 aromatic carbocycles. The molecule has 0 aromatic heterocycles. The van der Waals surface area contributed by atoms with E-state index in [1.807, 2.05) is 0 Å². The lowest BCUT2D eigenvalue weighted by Gasteiger charge is -2.16. The molecule has 0 aliphatic rings. The second-order valence-corrected chi connectivity index (χ2v) is 7.34. The quantitative estimate of drug-likeness (QED) is 0.270. The molecule has 0 N–H and O–H groups in total. The van der Waals surface area contributed by atoms with E-state index in [1.54, 1.807) is 13.8 Å². The highest BCUT2D eigenvalue weighted by atomic mass is 31.2. The molecule has 23 heavy (non-hydrogen) atoms. The molecule has 0 rings (SSSR count). The largest absolute Gasteiger partial charge is 0.474 e. The van der Waals surface area contributed by atoms with Gasteiger partial charge in [-0.3, -0.25) is 18.4 Å². The zero-order chi connectivity index (χ0) is 17.6. The second kappa shape index (κ2) is 14.2. The highest BCUT2D eigenvalue weighted by Crippen LogP contribution is 2.49. The van der Waals surface area contributed by atoms with E-state index >= 15 is 0 Å². The minimum atomic E-state index is -3.39. The molecule has 0 bridgehead atoms. The fourth-order valence-corrected chi connectivity index (χ4v) is 3.76. The normalized spacial score (nSPS) is 12.0. The van der Waals surface area contributed by atoms with Crippen molar-refractivity contribution in [2.45, 2.75) is 79.1 Å². The van der Waals surface area contributed by atoms with E-state index in [1.165, 1.54) is 0 Å². The van der Waals surface area contributed by atoms with Crippen LogP contribution in [-0.2, 0) is 22.9 Å². The van der Waals surface area contributed by atoms with E-state index in [-0.39, 0.29) is 5.92 Å². The Morgan fingerprint density at radius 1 is 0.870 bits per heavy atom. The smallest absolute Gasteiger partial charge is 0.299 e. The van der Waals surface area contributed by atoms with E-state index in [0.717, 1.165) is 44.9 Å². The van der Waals surface area contributed by atoms with Gasteiger partial charge in [-0.15, -0.1) is 0 Å². The van der Waals surface area contributed by atoms with Gasteiger partial charge in [0, 0.05) is 12.3 Å². The third-order valence-electron chi connectivity index (χ3n) is 3.62. The molecule has 0 atom stereocenters. The van der Waals surface area contributed by atoms with E-state index < -0.39 is 7.82 Å². The van der Waals surface area contributed by atoms with Crippen LogP contribution in [0.15, 0.2) is 0 Å². The van der Waals surface area contributed by atoms with Gasteiger partial charge in [0.1, 0.15) is 5.78 Å². The SMILES string of the molecule is CCCC(CCC)C(=O)CCCCCOP(=O)(OCC)OCC. The number of unbranched alkanes of at least 4 members (excludes halogenated alkanes) is 2. The Hall–Kier alpha value is -0.220. The van der Waals surface area contributed by atoms with Crippen molar-refractivity contribution in [3.63, 3.8) is 0 Å². The zero-order valence-electron chi connectivity index (χ0n) is 15.3. The van der Waals surface area contributed by atoms with Gasteiger partial charge < -0.3 is 0 Å². The Bertz CT molecular complexity index is 330. The summed E-state index contributed by atoms with van der Waals surface area (Å²) in [6, 6.07) is 0. The van der Waals surface area contributed by atoms with Crippen molar-refractivity contribution in [3.8, 4) is 0 Å². The summed E-state index contributed by atoms with van der Waals surface area (Å²) in [5, 5.41) is 0. The molecule has 0 heterocycles. The summed E-state index contributed by atoms with van der Waals surface area (Å²) in [5.74, 6) is 0.626. The van der Waals surface area contributed by atoms with E-state index in [4.69, 9.17) is 13.6 Å². The molecule has 0 saturated carbocycles. The van der Waals surface area contributed by atoms with Gasteiger partial charge in [0.15, 0.2) is 0 Å². The molecule has 138 valence electrons. The number of Topliss-reactive ketones (excluding diaryl/α,β-unsaturated/α-hetero) is 1. The molecule has 0 amide bonds. The summed E-state index contributed by atoms with van der Waals surface area (Å²) in [4.78, 5) is 12.2. The minimum absolute atomic E-state index is 0.234. The molecular weight excluding hydrogens is 315 g/mol. The number of ketones is 1. The van der Waals surface area contributed by atoms with Gasteiger partial charge in [0.25, 0.3) is 0 Å². The number of phosphoric acid groups is 1. The van der Waals surface area contributed by atoms with Crippen molar-refractivity contribution < 1.29 is 22.9 Å². The van der Waals surface area contributed by atoms with E-state index in [2.05, 4.69) is 13.8 Å². The Kier molecular flexibility index (Phi) is 14.0. The Morgan fingerprint density at radius 2 is 1.43 bits per heavy atom. The van der Waals surface area contributed by atoms with Crippen molar-refractivity contribution in [1.82, 2.24) is 0 Å². The molecule has 0 unspecified atom stereocenters. The van der Waals surface area contributed by atoms with Crippen LogP contribution in [0.3, 0.4) is 0 Å². The summed E-state index contributed by atoms with van der Waals surface area (Å²) in [7, 11) is -3.39. The van der Waals surface area contributed by atoms with Crippen LogP contribution < -0.4 is 0 Å². The third-order valence-corrected chi connectivity index (χ3v) is 5.27. The number of carbonyl (C=O) groups excluding carboxylic acids is 1. The molecular formula is C17H35O5P. The van der Waals surface area contributed by atoms with E-state index in [9.17, 15) is 9.36 Å². The van der Waals surface area contributed by atoms with Crippen LogP contribution in [0.2, 0.25) is 0 Å². The highest BCUT2D eigenvalue weighted by molar-refractivity contribution is 7.48. The van der Waals surface area contributed by atoms with Gasteiger partial charge in [-0.1, -0.05) is 33.1 Å². The predicted molar refractivity (Wildman–Crippen MR) is 93.6 cm³/mol. The number of hydrogen-bond donors (Lipinski definition) is 0. The maximum absolute atomic E-state index is 12.2. The van der Waals surface area contributed by atoms with Crippen LogP contribution in [0.25, 0.3) is 0 Å². The van der Waals surface area contributed by atoms with Crippen LogP contribution >= 0.6 is 7.82 Å². The van der Waals surface area contributed by atoms with E-state index in [0.29, 0.717) is 32.0 Å². The Morgan fingerprint density at radius 3 is 1.91 bits per heavy atom. The summed E-state index contributed by atoms with van der Waals surface area (Å²) >= 11 is 0. The van der Waals surface area contributed by atoms with Crippen molar-refractivity contribution in [2.75, 3.05) is 19.8 Å². The minimum Gasteiger partial charge on any atom is -0.299 e. The maximum Gasteiger partial charge on any atom is 0.474 e. The van der Waals surface area contributed by atoms with Crippen molar-refractivity contribution >= 4 is 13.6 Å². The molecule has 0 aromatic rings. The molecule has 0 aliphatic carbocycles. The van der Waals surface area contributed by atoms with Crippen LogP contribution in [0.4, 0.5) is 0 Å². The first kappa shape index (κ1) is 22.8. The number of rotatable bonds is 16. The predicted octanol–water partition coefficient (Wildman–Crippen LogP) is 5.53. The molecule has 0 spiro atoms. The average molecular weight is 350 g/mol.